The molecular formula is C18H21N5O2. The number of rotatable bonds is 5. The summed E-state index contributed by atoms with van der Waals surface area (Å²) in [6.45, 7) is 2.60. The fourth-order valence-electron chi connectivity index (χ4n) is 3.21. The third-order valence-corrected chi connectivity index (χ3v) is 4.60. The first kappa shape index (κ1) is 15.8. The van der Waals surface area contributed by atoms with E-state index in [1.807, 2.05) is 24.3 Å². The minimum absolute atomic E-state index is 0.547. The molecular weight excluding hydrogens is 318 g/mol. The van der Waals surface area contributed by atoms with Crippen LogP contribution in [0.1, 0.15) is 6.42 Å². The van der Waals surface area contributed by atoms with Crippen molar-refractivity contribution in [2.24, 2.45) is 5.92 Å². The Kier molecular flexibility index (Phi) is 4.23. The van der Waals surface area contributed by atoms with Crippen LogP contribution in [0.15, 0.2) is 36.7 Å². The van der Waals surface area contributed by atoms with Gasteiger partial charge in [0.25, 0.3) is 0 Å². The van der Waals surface area contributed by atoms with Crippen LogP contribution < -0.4 is 9.64 Å². The maximum Gasteiger partial charge on any atom is 0.200 e. The van der Waals surface area contributed by atoms with E-state index in [1.54, 1.807) is 18.0 Å². The van der Waals surface area contributed by atoms with Crippen LogP contribution in [0.4, 0.5) is 5.69 Å². The van der Waals surface area contributed by atoms with Crippen molar-refractivity contribution in [1.29, 1.82) is 0 Å². The van der Waals surface area contributed by atoms with Crippen molar-refractivity contribution >= 4 is 11.3 Å². The molecule has 0 bridgehead atoms. The van der Waals surface area contributed by atoms with Gasteiger partial charge in [0.1, 0.15) is 12.1 Å². The van der Waals surface area contributed by atoms with Gasteiger partial charge in [0.15, 0.2) is 0 Å². The molecule has 7 nitrogen and oxygen atoms in total. The van der Waals surface area contributed by atoms with Gasteiger partial charge in [0.2, 0.25) is 5.65 Å². The average Bonchev–Trinajstić information content (AvgIpc) is 3.32. The third kappa shape index (κ3) is 3.15. The molecule has 7 heteroatoms. The number of hydrogen-bond donors (Lipinski definition) is 0. The molecule has 1 aliphatic rings. The first-order valence-corrected chi connectivity index (χ1v) is 8.39. The summed E-state index contributed by atoms with van der Waals surface area (Å²) >= 11 is 0. The maximum atomic E-state index is 5.50. The molecule has 130 valence electrons. The molecule has 0 aliphatic carbocycles. The van der Waals surface area contributed by atoms with E-state index < -0.39 is 0 Å². The Morgan fingerprint density at radius 2 is 2.16 bits per heavy atom. The van der Waals surface area contributed by atoms with E-state index in [4.69, 9.17) is 9.47 Å². The predicted molar refractivity (Wildman–Crippen MR) is 95.0 cm³/mol. The van der Waals surface area contributed by atoms with E-state index >= 15 is 0 Å². The van der Waals surface area contributed by atoms with Crippen LogP contribution in [0.25, 0.3) is 16.9 Å². The van der Waals surface area contributed by atoms with Gasteiger partial charge >= 0.3 is 0 Å². The van der Waals surface area contributed by atoms with Crippen molar-refractivity contribution in [3.05, 3.63) is 36.7 Å². The SMILES string of the molecule is COc1ccc(-c2cc(N(C)CC3CCOC3)c3nncn3n2)cc1. The second-order valence-electron chi connectivity index (χ2n) is 6.35. The largest absolute Gasteiger partial charge is 0.497 e. The van der Waals surface area contributed by atoms with E-state index in [9.17, 15) is 0 Å². The highest BCUT2D eigenvalue weighted by Crippen LogP contribution is 2.27. The molecule has 0 N–H and O–H groups in total. The van der Waals surface area contributed by atoms with E-state index in [-0.39, 0.29) is 0 Å². The second-order valence-corrected chi connectivity index (χ2v) is 6.35. The Balaban J connectivity index is 1.70. The highest BCUT2D eigenvalue weighted by atomic mass is 16.5. The molecule has 1 unspecified atom stereocenters. The molecule has 1 atom stereocenters. The zero-order valence-electron chi connectivity index (χ0n) is 14.4. The molecule has 0 amide bonds. The second kappa shape index (κ2) is 6.68. The fraction of sp³-hybridized carbons (Fsp3) is 0.389. The summed E-state index contributed by atoms with van der Waals surface area (Å²) in [4.78, 5) is 2.22. The summed E-state index contributed by atoms with van der Waals surface area (Å²) in [6, 6.07) is 9.96. The lowest BCUT2D eigenvalue weighted by Crippen LogP contribution is -2.26. The van der Waals surface area contributed by atoms with Crippen LogP contribution in [-0.2, 0) is 4.74 Å². The Bertz CT molecular complexity index is 856. The number of methoxy groups -OCH3 is 1. The summed E-state index contributed by atoms with van der Waals surface area (Å²) < 4.78 is 12.5. The molecule has 0 saturated carbocycles. The smallest absolute Gasteiger partial charge is 0.200 e. The van der Waals surface area contributed by atoms with Crippen molar-refractivity contribution in [2.75, 3.05) is 38.8 Å². The van der Waals surface area contributed by atoms with Crippen LogP contribution in [0.5, 0.6) is 5.75 Å². The third-order valence-electron chi connectivity index (χ3n) is 4.60. The van der Waals surface area contributed by atoms with Crippen molar-refractivity contribution in [1.82, 2.24) is 19.8 Å². The fourth-order valence-corrected chi connectivity index (χ4v) is 3.21. The topological polar surface area (TPSA) is 64.8 Å². The highest BCUT2D eigenvalue weighted by Gasteiger charge is 2.20. The normalized spacial score (nSPS) is 17.1. The predicted octanol–water partition coefficient (Wildman–Crippen LogP) is 2.27. The van der Waals surface area contributed by atoms with Gasteiger partial charge in [0, 0.05) is 31.7 Å². The minimum Gasteiger partial charge on any atom is -0.497 e. The van der Waals surface area contributed by atoms with Crippen LogP contribution >= 0.6 is 0 Å². The average molecular weight is 339 g/mol. The lowest BCUT2D eigenvalue weighted by atomic mass is 10.1. The molecule has 1 aliphatic heterocycles. The van der Waals surface area contributed by atoms with Crippen LogP contribution in [-0.4, -0.2) is 53.7 Å². The van der Waals surface area contributed by atoms with Gasteiger partial charge in [-0.1, -0.05) is 0 Å². The number of hydrogen-bond acceptors (Lipinski definition) is 6. The van der Waals surface area contributed by atoms with Gasteiger partial charge in [-0.3, -0.25) is 0 Å². The zero-order valence-corrected chi connectivity index (χ0v) is 14.4. The Labute approximate surface area is 146 Å². The van der Waals surface area contributed by atoms with Crippen molar-refractivity contribution in [3.8, 4) is 17.0 Å². The molecule has 4 rings (SSSR count). The van der Waals surface area contributed by atoms with Crippen molar-refractivity contribution < 1.29 is 9.47 Å². The quantitative estimate of drug-likeness (QED) is 0.710. The number of aromatic nitrogens is 4. The van der Waals surface area contributed by atoms with Crippen molar-refractivity contribution in [3.63, 3.8) is 0 Å². The van der Waals surface area contributed by atoms with E-state index in [0.29, 0.717) is 5.92 Å². The van der Waals surface area contributed by atoms with Gasteiger partial charge in [-0.2, -0.15) is 9.61 Å². The Morgan fingerprint density at radius 1 is 1.32 bits per heavy atom. The van der Waals surface area contributed by atoms with Crippen molar-refractivity contribution in [2.45, 2.75) is 6.42 Å². The summed E-state index contributed by atoms with van der Waals surface area (Å²) in [5.41, 5.74) is 3.68. The summed E-state index contributed by atoms with van der Waals surface area (Å²) in [6.07, 6.45) is 2.74. The molecule has 1 fully saturated rings. The summed E-state index contributed by atoms with van der Waals surface area (Å²) in [5, 5.41) is 12.9. The first-order valence-electron chi connectivity index (χ1n) is 8.39. The summed E-state index contributed by atoms with van der Waals surface area (Å²) in [7, 11) is 3.75. The van der Waals surface area contributed by atoms with Gasteiger partial charge in [-0.05, 0) is 36.8 Å². The van der Waals surface area contributed by atoms with Gasteiger partial charge in [-0.15, -0.1) is 10.2 Å². The number of ether oxygens (including phenoxy) is 2. The number of anilines is 1. The summed E-state index contributed by atoms with van der Waals surface area (Å²) in [5.74, 6) is 1.37. The minimum atomic E-state index is 0.547. The molecule has 2 aromatic heterocycles. The molecule has 3 heterocycles. The Hall–Kier alpha value is -2.67. The molecule has 1 saturated heterocycles. The standard InChI is InChI=1S/C18H21N5O2/c1-22(10-13-7-8-25-11-13)17-9-16(21-23-12-19-20-18(17)23)14-3-5-15(24-2)6-4-14/h3-6,9,12-13H,7-8,10-11H2,1-2H3. The van der Waals surface area contributed by atoms with Crippen LogP contribution in [0.3, 0.4) is 0 Å². The first-order chi connectivity index (χ1) is 12.2. The Morgan fingerprint density at radius 3 is 2.88 bits per heavy atom. The highest BCUT2D eigenvalue weighted by molar-refractivity contribution is 5.74. The van der Waals surface area contributed by atoms with Crippen LogP contribution in [0, 0.1) is 5.92 Å². The monoisotopic (exact) mass is 339 g/mol. The zero-order chi connectivity index (χ0) is 17.2. The van der Waals surface area contributed by atoms with Gasteiger partial charge < -0.3 is 14.4 Å². The van der Waals surface area contributed by atoms with E-state index in [1.165, 1.54) is 0 Å². The van der Waals surface area contributed by atoms with Gasteiger partial charge in [-0.25, -0.2) is 0 Å². The lowest BCUT2D eigenvalue weighted by molar-refractivity contribution is 0.186. The maximum absolute atomic E-state index is 5.50. The number of fused-ring (bicyclic) bond motifs is 1. The molecule has 1 aromatic carbocycles. The van der Waals surface area contributed by atoms with E-state index in [2.05, 4.69) is 33.3 Å². The number of benzene rings is 1. The molecule has 3 aromatic rings. The molecule has 0 spiro atoms. The number of nitrogens with zero attached hydrogens (tertiary/aromatic N) is 5. The molecule has 0 radical (unpaired) electrons. The molecule has 25 heavy (non-hydrogen) atoms. The van der Waals surface area contributed by atoms with Crippen LogP contribution in [0.2, 0.25) is 0 Å². The lowest BCUT2D eigenvalue weighted by Gasteiger charge is -2.23. The van der Waals surface area contributed by atoms with E-state index in [0.717, 1.165) is 54.5 Å². The van der Waals surface area contributed by atoms with Gasteiger partial charge in [0.05, 0.1) is 25.1 Å².